The molecule has 1 saturated carbocycles. The lowest BCUT2D eigenvalue weighted by Gasteiger charge is -2.09. The molecule has 1 aromatic rings. The van der Waals surface area contributed by atoms with Crippen LogP contribution < -0.4 is 11.1 Å². The Morgan fingerprint density at radius 1 is 1.52 bits per heavy atom. The first-order valence-electron chi connectivity index (χ1n) is 7.27. The molecule has 3 N–H and O–H groups in total. The second kappa shape index (κ2) is 6.20. The summed E-state index contributed by atoms with van der Waals surface area (Å²) in [5.41, 5.74) is 6.44. The maximum Gasteiger partial charge on any atom is 0.188 e. The number of ether oxygens (including phenoxy) is 1. The van der Waals surface area contributed by atoms with E-state index < -0.39 is 0 Å². The van der Waals surface area contributed by atoms with E-state index in [1.54, 1.807) is 12.1 Å². The summed E-state index contributed by atoms with van der Waals surface area (Å²) in [5, 5.41) is 3.60. The molecule has 1 heterocycles. The Balaban J connectivity index is 1.54. The van der Waals surface area contributed by atoms with Gasteiger partial charge < -0.3 is 15.8 Å². The minimum Gasteiger partial charge on any atom is -0.376 e. The Hall–Kier alpha value is -1.33. The van der Waals surface area contributed by atoms with Gasteiger partial charge in [0.15, 0.2) is 5.96 Å². The molecule has 0 amide bonds. The van der Waals surface area contributed by atoms with E-state index in [-0.39, 0.29) is 23.9 Å². The van der Waals surface area contributed by atoms with Crippen LogP contribution in [0.4, 0.5) is 4.39 Å². The number of nitrogens with zero attached hydrogens (tertiary/aromatic N) is 1. The molecular weight excluding hydrogens is 293 g/mol. The molecule has 1 aliphatic carbocycles. The van der Waals surface area contributed by atoms with Crippen molar-refractivity contribution in [3.05, 3.63) is 34.6 Å². The topological polar surface area (TPSA) is 59.6 Å². The number of halogens is 2. The molecule has 6 heteroatoms. The largest absolute Gasteiger partial charge is 0.376 e. The van der Waals surface area contributed by atoms with E-state index in [0.717, 1.165) is 25.9 Å². The summed E-state index contributed by atoms with van der Waals surface area (Å²) in [5.74, 6) is 0.201. The van der Waals surface area contributed by atoms with Crippen LogP contribution in [0.25, 0.3) is 0 Å². The highest BCUT2D eigenvalue weighted by Crippen LogP contribution is 2.44. The molecular formula is C15H19ClFN3O. The van der Waals surface area contributed by atoms with Gasteiger partial charge in [0.2, 0.25) is 0 Å². The summed E-state index contributed by atoms with van der Waals surface area (Å²) < 4.78 is 19.3. The Kier molecular flexibility index (Phi) is 4.31. The van der Waals surface area contributed by atoms with Crippen LogP contribution in [0.2, 0.25) is 5.02 Å². The fourth-order valence-electron chi connectivity index (χ4n) is 2.76. The van der Waals surface area contributed by atoms with Gasteiger partial charge in [0.1, 0.15) is 5.82 Å². The molecule has 0 spiro atoms. The zero-order valence-electron chi connectivity index (χ0n) is 11.7. The maximum atomic E-state index is 13.8. The van der Waals surface area contributed by atoms with Gasteiger partial charge in [0.05, 0.1) is 12.6 Å². The van der Waals surface area contributed by atoms with Crippen molar-refractivity contribution in [2.75, 3.05) is 13.2 Å². The average molecular weight is 312 g/mol. The zero-order valence-corrected chi connectivity index (χ0v) is 12.4. The van der Waals surface area contributed by atoms with Gasteiger partial charge in [0.25, 0.3) is 0 Å². The first-order valence-corrected chi connectivity index (χ1v) is 7.65. The first-order chi connectivity index (χ1) is 10.1. The highest BCUT2D eigenvalue weighted by Gasteiger charge is 2.41. The summed E-state index contributed by atoms with van der Waals surface area (Å²) in [4.78, 5) is 4.29. The molecule has 1 aliphatic heterocycles. The third-order valence-electron chi connectivity index (χ3n) is 3.98. The van der Waals surface area contributed by atoms with Crippen LogP contribution >= 0.6 is 11.6 Å². The molecule has 3 rings (SSSR count). The first kappa shape index (κ1) is 14.6. The van der Waals surface area contributed by atoms with Crippen LogP contribution in [0.3, 0.4) is 0 Å². The fraction of sp³-hybridized carbons (Fsp3) is 0.533. The van der Waals surface area contributed by atoms with Crippen molar-refractivity contribution in [1.29, 1.82) is 0 Å². The van der Waals surface area contributed by atoms with Crippen LogP contribution in [0.1, 0.15) is 30.7 Å². The molecule has 0 radical (unpaired) electrons. The number of nitrogens with one attached hydrogen (secondary N) is 1. The van der Waals surface area contributed by atoms with Crippen molar-refractivity contribution in [2.45, 2.75) is 37.3 Å². The standard InChI is InChI=1S/C15H19ClFN3O/c16-11-4-1-5-12(17)14(11)10-7-13(10)20-15(18)19-8-9-3-2-6-21-9/h1,4-5,9-10,13H,2-3,6-8H2,(H3,18,19,20). The van der Waals surface area contributed by atoms with Crippen LogP contribution in [0.5, 0.6) is 0 Å². The molecule has 3 unspecified atom stereocenters. The van der Waals surface area contributed by atoms with Crippen molar-refractivity contribution >= 4 is 17.6 Å². The van der Waals surface area contributed by atoms with Gasteiger partial charge in [-0.1, -0.05) is 17.7 Å². The van der Waals surface area contributed by atoms with E-state index in [9.17, 15) is 4.39 Å². The molecule has 114 valence electrons. The zero-order chi connectivity index (χ0) is 14.8. The highest BCUT2D eigenvalue weighted by molar-refractivity contribution is 6.31. The van der Waals surface area contributed by atoms with Crippen LogP contribution in [-0.4, -0.2) is 31.3 Å². The molecule has 1 saturated heterocycles. The lowest BCUT2D eigenvalue weighted by atomic mass is 10.1. The number of benzene rings is 1. The minimum absolute atomic E-state index is 0.0650. The van der Waals surface area contributed by atoms with E-state index in [1.807, 2.05) is 0 Å². The Labute approximate surface area is 128 Å². The third-order valence-corrected chi connectivity index (χ3v) is 4.31. The molecule has 2 aliphatic rings. The van der Waals surface area contributed by atoms with Crippen LogP contribution in [-0.2, 0) is 4.74 Å². The van der Waals surface area contributed by atoms with Crippen LogP contribution in [0.15, 0.2) is 23.2 Å². The number of nitrogens with two attached hydrogens (primary N) is 1. The molecule has 1 aromatic carbocycles. The summed E-state index contributed by atoms with van der Waals surface area (Å²) in [6, 6.07) is 4.87. The van der Waals surface area contributed by atoms with Gasteiger partial charge in [-0.25, -0.2) is 4.39 Å². The Bertz CT molecular complexity index is 525. The number of hydrogen-bond acceptors (Lipinski definition) is 2. The van der Waals surface area contributed by atoms with Crippen molar-refractivity contribution in [2.24, 2.45) is 10.7 Å². The van der Waals surface area contributed by atoms with E-state index in [1.165, 1.54) is 6.07 Å². The number of aliphatic imine (C=N–C) groups is 1. The quantitative estimate of drug-likeness (QED) is 0.663. The predicted molar refractivity (Wildman–Crippen MR) is 81.2 cm³/mol. The number of guanidine groups is 1. The van der Waals surface area contributed by atoms with Gasteiger partial charge in [-0.15, -0.1) is 0 Å². The highest BCUT2D eigenvalue weighted by atomic mass is 35.5. The average Bonchev–Trinajstić information content (AvgIpc) is 2.99. The summed E-state index contributed by atoms with van der Waals surface area (Å²) in [6.45, 7) is 1.39. The molecule has 4 nitrogen and oxygen atoms in total. The van der Waals surface area contributed by atoms with Gasteiger partial charge in [-0.2, -0.15) is 0 Å². The summed E-state index contributed by atoms with van der Waals surface area (Å²) in [6.07, 6.45) is 3.12. The normalized spacial score (nSPS) is 28.7. The van der Waals surface area contributed by atoms with Gasteiger partial charge in [-0.3, -0.25) is 4.99 Å². The fourth-order valence-corrected chi connectivity index (χ4v) is 3.07. The summed E-state index contributed by atoms with van der Waals surface area (Å²) in [7, 11) is 0. The Morgan fingerprint density at radius 3 is 3.10 bits per heavy atom. The third kappa shape index (κ3) is 3.47. The van der Waals surface area contributed by atoms with Gasteiger partial charge >= 0.3 is 0 Å². The lowest BCUT2D eigenvalue weighted by Crippen LogP contribution is -2.35. The molecule has 21 heavy (non-hydrogen) atoms. The Morgan fingerprint density at radius 2 is 2.38 bits per heavy atom. The number of hydrogen-bond donors (Lipinski definition) is 2. The van der Waals surface area contributed by atoms with Gasteiger partial charge in [0, 0.05) is 29.2 Å². The van der Waals surface area contributed by atoms with E-state index in [0.29, 0.717) is 23.1 Å². The predicted octanol–water partition coefficient (Wildman–Crippen LogP) is 2.42. The maximum absolute atomic E-state index is 13.8. The van der Waals surface area contributed by atoms with Crippen molar-refractivity contribution in [1.82, 2.24) is 5.32 Å². The van der Waals surface area contributed by atoms with Crippen molar-refractivity contribution in [3.63, 3.8) is 0 Å². The number of rotatable bonds is 4. The van der Waals surface area contributed by atoms with Gasteiger partial charge in [-0.05, 0) is 31.4 Å². The monoisotopic (exact) mass is 311 g/mol. The van der Waals surface area contributed by atoms with Crippen LogP contribution in [0, 0.1) is 5.82 Å². The van der Waals surface area contributed by atoms with E-state index >= 15 is 0 Å². The second-order valence-corrected chi connectivity index (χ2v) is 6.00. The summed E-state index contributed by atoms with van der Waals surface area (Å²) >= 11 is 6.07. The molecule has 0 aromatic heterocycles. The van der Waals surface area contributed by atoms with Crippen molar-refractivity contribution < 1.29 is 9.13 Å². The SMILES string of the molecule is NC(=NCC1CCCO1)NC1CC1c1c(F)cccc1Cl. The van der Waals surface area contributed by atoms with Crippen molar-refractivity contribution in [3.8, 4) is 0 Å². The van der Waals surface area contributed by atoms with E-state index in [4.69, 9.17) is 22.1 Å². The molecule has 2 fully saturated rings. The second-order valence-electron chi connectivity index (χ2n) is 5.59. The smallest absolute Gasteiger partial charge is 0.188 e. The van der Waals surface area contributed by atoms with E-state index in [2.05, 4.69) is 10.3 Å². The minimum atomic E-state index is -0.258. The lowest BCUT2D eigenvalue weighted by molar-refractivity contribution is 0.118. The molecule has 3 atom stereocenters. The molecule has 0 bridgehead atoms.